The number of hydrogen-bond acceptors (Lipinski definition) is 2. The van der Waals surface area contributed by atoms with Gasteiger partial charge in [-0.15, -0.1) is 0 Å². The Kier molecular flexibility index (Phi) is 1.26. The summed E-state index contributed by atoms with van der Waals surface area (Å²) in [5.41, 5.74) is -1.03. The number of aliphatic hydroxyl groups is 1. The molecule has 3 unspecified atom stereocenters. The number of hydrogen-bond donors (Lipinski definition) is 1. The van der Waals surface area contributed by atoms with Gasteiger partial charge in [-0.3, -0.25) is 0 Å². The lowest BCUT2D eigenvalue weighted by atomic mass is 9.75. The first-order valence-electron chi connectivity index (χ1n) is 3.69. The van der Waals surface area contributed by atoms with E-state index in [9.17, 15) is 9.50 Å². The number of rotatable bonds is 2. The Balaban J connectivity index is 1.87. The molecule has 3 heteroatoms. The van der Waals surface area contributed by atoms with Crippen molar-refractivity contribution >= 4 is 0 Å². The van der Waals surface area contributed by atoms with Crippen LogP contribution in [0, 0.1) is 0 Å². The Labute approximate surface area is 59.0 Å². The van der Waals surface area contributed by atoms with Crippen LogP contribution >= 0.6 is 0 Å². The summed E-state index contributed by atoms with van der Waals surface area (Å²) in [6.45, 7) is 0.703. The van der Waals surface area contributed by atoms with Crippen molar-refractivity contribution in [1.82, 2.24) is 0 Å². The van der Waals surface area contributed by atoms with Crippen molar-refractivity contribution < 1.29 is 14.2 Å². The van der Waals surface area contributed by atoms with Gasteiger partial charge in [0.05, 0.1) is 18.3 Å². The van der Waals surface area contributed by atoms with Crippen molar-refractivity contribution in [3.05, 3.63) is 0 Å². The van der Waals surface area contributed by atoms with Crippen molar-refractivity contribution in [2.24, 2.45) is 0 Å². The van der Waals surface area contributed by atoms with Gasteiger partial charge >= 0.3 is 0 Å². The van der Waals surface area contributed by atoms with Gasteiger partial charge in [0, 0.05) is 6.42 Å². The summed E-state index contributed by atoms with van der Waals surface area (Å²) < 4.78 is 17.6. The summed E-state index contributed by atoms with van der Waals surface area (Å²) in [6, 6.07) is 0. The average Bonchev–Trinajstić information content (AvgIpc) is 2.68. The number of alkyl halides is 1. The third kappa shape index (κ3) is 0.935. The van der Waals surface area contributed by atoms with E-state index in [0.29, 0.717) is 25.9 Å². The average molecular weight is 146 g/mol. The van der Waals surface area contributed by atoms with Crippen LogP contribution < -0.4 is 0 Å². The molecule has 1 heterocycles. The molecule has 2 rings (SSSR count). The van der Waals surface area contributed by atoms with Crippen LogP contribution in [-0.4, -0.2) is 29.6 Å². The topological polar surface area (TPSA) is 32.8 Å². The van der Waals surface area contributed by atoms with Gasteiger partial charge in [0.2, 0.25) is 0 Å². The molecule has 0 aromatic carbocycles. The van der Waals surface area contributed by atoms with E-state index in [-0.39, 0.29) is 6.10 Å². The fraction of sp³-hybridized carbons (Fsp3) is 1.00. The van der Waals surface area contributed by atoms with Crippen LogP contribution in [0.5, 0.6) is 0 Å². The van der Waals surface area contributed by atoms with E-state index < -0.39 is 11.8 Å². The minimum absolute atomic E-state index is 0.142. The molecule has 0 spiro atoms. The first-order chi connectivity index (χ1) is 4.71. The highest BCUT2D eigenvalue weighted by molar-refractivity contribution is 4.99. The van der Waals surface area contributed by atoms with Crippen molar-refractivity contribution in [2.75, 3.05) is 6.61 Å². The predicted molar refractivity (Wildman–Crippen MR) is 33.4 cm³/mol. The van der Waals surface area contributed by atoms with Crippen molar-refractivity contribution in [2.45, 2.75) is 37.1 Å². The largest absolute Gasteiger partial charge is 0.387 e. The second-order valence-corrected chi connectivity index (χ2v) is 3.27. The summed E-state index contributed by atoms with van der Waals surface area (Å²) in [4.78, 5) is 0. The summed E-state index contributed by atoms with van der Waals surface area (Å²) in [5, 5.41) is 9.43. The molecule has 10 heavy (non-hydrogen) atoms. The molecule has 0 bridgehead atoms. The first-order valence-corrected chi connectivity index (χ1v) is 3.69. The summed E-state index contributed by atoms with van der Waals surface area (Å²) in [7, 11) is 0. The molecule has 0 radical (unpaired) electrons. The molecule has 1 saturated heterocycles. The van der Waals surface area contributed by atoms with Crippen molar-refractivity contribution in [1.29, 1.82) is 0 Å². The minimum atomic E-state index is -1.03. The van der Waals surface area contributed by atoms with Gasteiger partial charge in [-0.1, -0.05) is 0 Å². The highest BCUT2D eigenvalue weighted by Crippen LogP contribution is 2.40. The van der Waals surface area contributed by atoms with Crippen LogP contribution in [0.2, 0.25) is 0 Å². The third-order valence-electron chi connectivity index (χ3n) is 2.40. The fourth-order valence-corrected chi connectivity index (χ4v) is 1.40. The van der Waals surface area contributed by atoms with Crippen molar-refractivity contribution in [3.8, 4) is 0 Å². The van der Waals surface area contributed by atoms with E-state index in [1.54, 1.807) is 0 Å². The molecular formula is C7H11FO2. The molecule has 0 amide bonds. The molecule has 3 atom stereocenters. The minimum Gasteiger partial charge on any atom is -0.387 e. The Morgan fingerprint density at radius 1 is 1.70 bits per heavy atom. The molecule has 0 aromatic rings. The van der Waals surface area contributed by atoms with E-state index >= 15 is 0 Å². The van der Waals surface area contributed by atoms with Gasteiger partial charge in [0.25, 0.3) is 0 Å². The second kappa shape index (κ2) is 1.92. The van der Waals surface area contributed by atoms with Gasteiger partial charge < -0.3 is 9.84 Å². The van der Waals surface area contributed by atoms with Gasteiger partial charge in [-0.25, -0.2) is 4.39 Å². The molecule has 1 N–H and O–H groups in total. The first kappa shape index (κ1) is 6.55. The maximum atomic E-state index is 12.6. The van der Waals surface area contributed by atoms with Gasteiger partial charge in [-0.05, 0) is 12.8 Å². The summed E-state index contributed by atoms with van der Waals surface area (Å²) >= 11 is 0. The Morgan fingerprint density at radius 3 is 2.70 bits per heavy atom. The molecule has 1 aliphatic heterocycles. The molecule has 1 aliphatic carbocycles. The fourth-order valence-electron chi connectivity index (χ4n) is 1.40. The Hall–Kier alpha value is -0.150. The number of epoxide rings is 1. The molecule has 1 saturated carbocycles. The van der Waals surface area contributed by atoms with Crippen LogP contribution in [0.15, 0.2) is 0 Å². The zero-order valence-electron chi connectivity index (χ0n) is 5.72. The monoisotopic (exact) mass is 146 g/mol. The lowest BCUT2D eigenvalue weighted by Gasteiger charge is -2.40. The smallest absolute Gasteiger partial charge is 0.129 e. The molecule has 2 fully saturated rings. The maximum Gasteiger partial charge on any atom is 0.129 e. The molecule has 2 aliphatic rings. The quantitative estimate of drug-likeness (QED) is 0.580. The van der Waals surface area contributed by atoms with E-state index in [4.69, 9.17) is 4.74 Å². The highest BCUT2D eigenvalue weighted by atomic mass is 19.1. The molecule has 0 aromatic heterocycles. The molecule has 58 valence electrons. The van der Waals surface area contributed by atoms with Gasteiger partial charge in [0.15, 0.2) is 0 Å². The van der Waals surface area contributed by atoms with Gasteiger partial charge in [-0.2, -0.15) is 0 Å². The SMILES string of the molecule is OC1(CC2CO2)CCC1F. The van der Waals surface area contributed by atoms with E-state index in [1.165, 1.54) is 0 Å². The van der Waals surface area contributed by atoms with E-state index in [0.717, 1.165) is 0 Å². The van der Waals surface area contributed by atoms with Crippen LogP contribution in [0.3, 0.4) is 0 Å². The van der Waals surface area contributed by atoms with Crippen LogP contribution in [0.4, 0.5) is 4.39 Å². The van der Waals surface area contributed by atoms with Gasteiger partial charge in [0.1, 0.15) is 6.17 Å². The lowest BCUT2D eigenvalue weighted by Crippen LogP contribution is -2.49. The summed E-state index contributed by atoms with van der Waals surface area (Å²) in [5.74, 6) is 0. The Morgan fingerprint density at radius 2 is 2.40 bits per heavy atom. The van der Waals surface area contributed by atoms with Crippen LogP contribution in [0.25, 0.3) is 0 Å². The summed E-state index contributed by atoms with van der Waals surface area (Å²) in [6.07, 6.45) is 0.756. The standard InChI is InChI=1S/C7H11FO2/c8-6-1-2-7(6,9)3-5-4-10-5/h5-6,9H,1-4H2. The Bertz CT molecular complexity index is 147. The molecular weight excluding hydrogens is 135 g/mol. The zero-order chi connectivity index (χ0) is 7.19. The third-order valence-corrected chi connectivity index (χ3v) is 2.40. The van der Waals surface area contributed by atoms with E-state index in [1.807, 2.05) is 0 Å². The van der Waals surface area contributed by atoms with E-state index in [2.05, 4.69) is 0 Å². The maximum absolute atomic E-state index is 12.6. The lowest BCUT2D eigenvalue weighted by molar-refractivity contribution is -0.115. The van der Waals surface area contributed by atoms with Crippen molar-refractivity contribution in [3.63, 3.8) is 0 Å². The van der Waals surface area contributed by atoms with Crippen LogP contribution in [0.1, 0.15) is 19.3 Å². The zero-order valence-corrected chi connectivity index (χ0v) is 5.72. The number of halogens is 1. The molecule has 2 nitrogen and oxygen atoms in total. The number of ether oxygens (including phenoxy) is 1. The predicted octanol–water partition coefficient (Wildman–Crippen LogP) is 0.638. The highest BCUT2D eigenvalue weighted by Gasteiger charge is 2.49. The second-order valence-electron chi connectivity index (χ2n) is 3.27. The normalized spacial score (nSPS) is 52.2. The van der Waals surface area contributed by atoms with Crippen LogP contribution in [-0.2, 0) is 4.74 Å².